The third-order valence-electron chi connectivity index (χ3n) is 2.47. The Balaban J connectivity index is 2.29. The summed E-state index contributed by atoms with van der Waals surface area (Å²) in [6.45, 7) is 7.58. The number of nitrogens with one attached hydrogen (secondary N) is 1. The van der Waals surface area contributed by atoms with Crippen LogP contribution in [0.25, 0.3) is 0 Å². The van der Waals surface area contributed by atoms with Crippen molar-refractivity contribution in [1.82, 2.24) is 5.32 Å². The molecule has 1 amide bonds. The number of rotatable bonds is 4. The highest BCUT2D eigenvalue weighted by atomic mass is 16.6. The molecule has 1 rings (SSSR count). The van der Waals surface area contributed by atoms with Gasteiger partial charge in [-0.15, -0.1) is 0 Å². The van der Waals surface area contributed by atoms with Gasteiger partial charge in [0.15, 0.2) is 0 Å². The lowest BCUT2D eigenvalue weighted by molar-refractivity contribution is 0.0506. The van der Waals surface area contributed by atoms with Crippen molar-refractivity contribution < 1.29 is 9.53 Å². The average molecular weight is 249 g/mol. The average Bonchev–Trinajstić information content (AvgIpc) is 2.25. The summed E-state index contributed by atoms with van der Waals surface area (Å²) in [5, 5.41) is 2.85. The molecule has 1 atom stereocenters. The van der Waals surface area contributed by atoms with Crippen molar-refractivity contribution in [2.24, 2.45) is 0 Å². The monoisotopic (exact) mass is 249 g/mol. The Morgan fingerprint density at radius 3 is 2.44 bits per heavy atom. The maximum absolute atomic E-state index is 11.5. The first-order chi connectivity index (χ1) is 8.37. The van der Waals surface area contributed by atoms with Gasteiger partial charge in [0.2, 0.25) is 0 Å². The zero-order valence-electron chi connectivity index (χ0n) is 11.7. The number of hydrogen-bond donors (Lipinski definition) is 1. The second kappa shape index (κ2) is 6.43. The molecular formula is C15H23NO2. The van der Waals surface area contributed by atoms with E-state index in [1.165, 1.54) is 5.56 Å². The predicted molar refractivity (Wildman–Crippen MR) is 73.6 cm³/mol. The Bertz CT molecular complexity index is 368. The van der Waals surface area contributed by atoms with E-state index in [0.29, 0.717) is 0 Å². The molecule has 18 heavy (non-hydrogen) atoms. The maximum Gasteiger partial charge on any atom is 0.407 e. The summed E-state index contributed by atoms with van der Waals surface area (Å²) in [5.74, 6) is 0. The zero-order chi connectivity index (χ0) is 13.6. The largest absolute Gasteiger partial charge is 0.444 e. The topological polar surface area (TPSA) is 38.3 Å². The Labute approximate surface area is 110 Å². The number of alkyl carbamates (subject to hydrolysis) is 1. The molecule has 3 nitrogen and oxygen atoms in total. The van der Waals surface area contributed by atoms with Gasteiger partial charge in [-0.1, -0.05) is 30.3 Å². The van der Waals surface area contributed by atoms with Crippen LogP contribution >= 0.6 is 0 Å². The van der Waals surface area contributed by atoms with Gasteiger partial charge < -0.3 is 10.1 Å². The Hall–Kier alpha value is -1.51. The Morgan fingerprint density at radius 2 is 1.89 bits per heavy atom. The number of aryl methyl sites for hydroxylation is 1. The number of carbonyl (C=O) groups is 1. The summed E-state index contributed by atoms with van der Waals surface area (Å²) in [4.78, 5) is 11.5. The van der Waals surface area contributed by atoms with E-state index in [-0.39, 0.29) is 12.1 Å². The highest BCUT2D eigenvalue weighted by Gasteiger charge is 2.17. The lowest BCUT2D eigenvalue weighted by atomic mass is 10.1. The molecule has 0 aliphatic rings. The van der Waals surface area contributed by atoms with Crippen molar-refractivity contribution in [2.45, 2.75) is 52.2 Å². The lowest BCUT2D eigenvalue weighted by Crippen LogP contribution is -2.37. The van der Waals surface area contributed by atoms with Gasteiger partial charge in [-0.05, 0) is 46.1 Å². The number of hydrogen-bond acceptors (Lipinski definition) is 2. The van der Waals surface area contributed by atoms with Crippen LogP contribution in [0.2, 0.25) is 0 Å². The van der Waals surface area contributed by atoms with Gasteiger partial charge in [-0.25, -0.2) is 4.79 Å². The van der Waals surface area contributed by atoms with Crippen molar-refractivity contribution in [3.63, 3.8) is 0 Å². The SMILES string of the molecule is CC(CCc1ccccc1)NC(=O)OC(C)(C)C. The van der Waals surface area contributed by atoms with Gasteiger partial charge in [-0.3, -0.25) is 0 Å². The van der Waals surface area contributed by atoms with Crippen LogP contribution in [0.4, 0.5) is 4.79 Å². The van der Waals surface area contributed by atoms with E-state index in [2.05, 4.69) is 17.4 Å². The normalized spacial score (nSPS) is 12.9. The molecule has 3 heteroatoms. The van der Waals surface area contributed by atoms with Gasteiger partial charge in [0.1, 0.15) is 5.60 Å². The smallest absolute Gasteiger partial charge is 0.407 e. The molecule has 0 saturated carbocycles. The summed E-state index contributed by atoms with van der Waals surface area (Å²) < 4.78 is 5.21. The molecule has 0 heterocycles. The standard InChI is InChI=1S/C15H23NO2/c1-12(16-14(17)18-15(2,3)4)10-11-13-8-6-5-7-9-13/h5-9,12H,10-11H2,1-4H3,(H,16,17). The molecule has 0 aliphatic heterocycles. The van der Waals surface area contributed by atoms with Crippen LogP contribution in [-0.4, -0.2) is 17.7 Å². The molecule has 0 aromatic heterocycles. The van der Waals surface area contributed by atoms with Crippen LogP contribution in [-0.2, 0) is 11.2 Å². The molecule has 0 radical (unpaired) electrons. The molecular weight excluding hydrogens is 226 g/mol. The van der Waals surface area contributed by atoms with Gasteiger partial charge >= 0.3 is 6.09 Å². The number of benzene rings is 1. The molecule has 0 saturated heterocycles. The minimum absolute atomic E-state index is 0.111. The van der Waals surface area contributed by atoms with Crippen molar-refractivity contribution in [1.29, 1.82) is 0 Å². The second-order valence-corrected chi connectivity index (χ2v) is 5.57. The van der Waals surface area contributed by atoms with E-state index in [9.17, 15) is 4.79 Å². The van der Waals surface area contributed by atoms with E-state index >= 15 is 0 Å². The molecule has 0 bridgehead atoms. The van der Waals surface area contributed by atoms with Crippen LogP contribution in [0.5, 0.6) is 0 Å². The van der Waals surface area contributed by atoms with Gasteiger partial charge in [-0.2, -0.15) is 0 Å². The fraction of sp³-hybridized carbons (Fsp3) is 0.533. The third-order valence-corrected chi connectivity index (χ3v) is 2.47. The van der Waals surface area contributed by atoms with Crippen LogP contribution < -0.4 is 5.32 Å². The van der Waals surface area contributed by atoms with Crippen molar-refractivity contribution >= 4 is 6.09 Å². The first-order valence-electron chi connectivity index (χ1n) is 6.40. The maximum atomic E-state index is 11.5. The highest BCUT2D eigenvalue weighted by Crippen LogP contribution is 2.08. The highest BCUT2D eigenvalue weighted by molar-refractivity contribution is 5.68. The van der Waals surface area contributed by atoms with Crippen molar-refractivity contribution in [3.8, 4) is 0 Å². The van der Waals surface area contributed by atoms with Gasteiger partial charge in [0.25, 0.3) is 0 Å². The third kappa shape index (κ3) is 6.28. The van der Waals surface area contributed by atoms with E-state index in [0.717, 1.165) is 12.8 Å². The number of ether oxygens (including phenoxy) is 1. The van der Waals surface area contributed by atoms with Crippen LogP contribution in [0.1, 0.15) is 39.7 Å². The molecule has 100 valence electrons. The molecule has 1 aromatic rings. The lowest BCUT2D eigenvalue weighted by Gasteiger charge is -2.22. The van der Waals surface area contributed by atoms with Gasteiger partial charge in [0, 0.05) is 6.04 Å². The minimum atomic E-state index is -0.441. The second-order valence-electron chi connectivity index (χ2n) is 5.57. The molecule has 0 fully saturated rings. The van der Waals surface area contributed by atoms with Crippen LogP contribution in [0.3, 0.4) is 0 Å². The van der Waals surface area contributed by atoms with Crippen molar-refractivity contribution in [2.75, 3.05) is 0 Å². The molecule has 0 spiro atoms. The fourth-order valence-electron chi connectivity index (χ4n) is 1.61. The Kier molecular flexibility index (Phi) is 5.20. The summed E-state index contributed by atoms with van der Waals surface area (Å²) in [7, 11) is 0. The quantitative estimate of drug-likeness (QED) is 0.886. The van der Waals surface area contributed by atoms with Crippen LogP contribution in [0.15, 0.2) is 30.3 Å². The Morgan fingerprint density at radius 1 is 1.28 bits per heavy atom. The van der Waals surface area contributed by atoms with Crippen LogP contribution in [0, 0.1) is 0 Å². The molecule has 1 unspecified atom stereocenters. The van der Waals surface area contributed by atoms with E-state index < -0.39 is 5.60 Å². The minimum Gasteiger partial charge on any atom is -0.444 e. The molecule has 0 aliphatic carbocycles. The number of carbonyl (C=O) groups excluding carboxylic acids is 1. The number of amides is 1. The molecule has 1 N–H and O–H groups in total. The first-order valence-corrected chi connectivity index (χ1v) is 6.40. The van der Waals surface area contributed by atoms with E-state index in [4.69, 9.17) is 4.74 Å². The fourth-order valence-corrected chi connectivity index (χ4v) is 1.61. The summed E-state index contributed by atoms with van der Waals surface area (Å²) >= 11 is 0. The van der Waals surface area contributed by atoms with Gasteiger partial charge in [0.05, 0.1) is 0 Å². The zero-order valence-corrected chi connectivity index (χ0v) is 11.7. The van der Waals surface area contributed by atoms with E-state index in [1.54, 1.807) is 0 Å². The van der Waals surface area contributed by atoms with E-state index in [1.807, 2.05) is 45.9 Å². The summed E-state index contributed by atoms with van der Waals surface area (Å²) in [6, 6.07) is 10.4. The van der Waals surface area contributed by atoms with Crippen molar-refractivity contribution in [3.05, 3.63) is 35.9 Å². The molecule has 1 aromatic carbocycles. The summed E-state index contributed by atoms with van der Waals surface area (Å²) in [6.07, 6.45) is 1.52. The predicted octanol–water partition coefficient (Wildman–Crippen LogP) is 3.53. The first kappa shape index (κ1) is 14.6. The summed E-state index contributed by atoms with van der Waals surface area (Å²) in [5.41, 5.74) is 0.846.